The number of hydrogen-bond acceptors (Lipinski definition) is 3. The molecule has 0 amide bonds. The molecule has 1 unspecified atom stereocenters. The SMILES string of the molecule is COc1cc(Cl)ccc1C(C)ON. The van der Waals surface area contributed by atoms with Gasteiger partial charge in [-0.25, -0.2) is 5.90 Å². The van der Waals surface area contributed by atoms with Gasteiger partial charge in [-0.15, -0.1) is 0 Å². The van der Waals surface area contributed by atoms with Crippen LogP contribution in [0.25, 0.3) is 0 Å². The van der Waals surface area contributed by atoms with Gasteiger partial charge < -0.3 is 4.74 Å². The van der Waals surface area contributed by atoms with Crippen LogP contribution in [-0.4, -0.2) is 7.11 Å². The molecule has 2 N–H and O–H groups in total. The summed E-state index contributed by atoms with van der Waals surface area (Å²) in [5.41, 5.74) is 0.884. The quantitative estimate of drug-likeness (QED) is 0.764. The number of halogens is 1. The molecule has 3 nitrogen and oxygen atoms in total. The number of nitrogens with two attached hydrogens (primary N) is 1. The van der Waals surface area contributed by atoms with Gasteiger partial charge in [0.2, 0.25) is 0 Å². The Morgan fingerprint density at radius 1 is 1.46 bits per heavy atom. The van der Waals surface area contributed by atoms with Gasteiger partial charge in [0.05, 0.1) is 7.11 Å². The van der Waals surface area contributed by atoms with Gasteiger partial charge in [0.1, 0.15) is 11.9 Å². The van der Waals surface area contributed by atoms with Crippen molar-refractivity contribution in [3.63, 3.8) is 0 Å². The van der Waals surface area contributed by atoms with Crippen molar-refractivity contribution < 1.29 is 9.57 Å². The van der Waals surface area contributed by atoms with Gasteiger partial charge in [-0.05, 0) is 19.1 Å². The van der Waals surface area contributed by atoms with Gasteiger partial charge in [-0.2, -0.15) is 0 Å². The first-order chi connectivity index (χ1) is 6.19. The fourth-order valence-electron chi connectivity index (χ4n) is 1.09. The average molecular weight is 202 g/mol. The van der Waals surface area contributed by atoms with Crippen LogP contribution in [0.2, 0.25) is 5.02 Å². The normalized spacial score (nSPS) is 12.6. The fraction of sp³-hybridized carbons (Fsp3) is 0.333. The van der Waals surface area contributed by atoms with E-state index in [1.807, 2.05) is 13.0 Å². The van der Waals surface area contributed by atoms with E-state index >= 15 is 0 Å². The molecule has 0 spiro atoms. The lowest BCUT2D eigenvalue weighted by molar-refractivity contribution is 0.0646. The number of rotatable bonds is 3. The van der Waals surface area contributed by atoms with Crippen molar-refractivity contribution in [1.82, 2.24) is 0 Å². The van der Waals surface area contributed by atoms with E-state index in [0.717, 1.165) is 5.56 Å². The lowest BCUT2D eigenvalue weighted by Gasteiger charge is -2.13. The molecular weight excluding hydrogens is 190 g/mol. The predicted octanol–water partition coefficient (Wildman–Crippen LogP) is 2.30. The molecule has 1 atom stereocenters. The van der Waals surface area contributed by atoms with Gasteiger partial charge >= 0.3 is 0 Å². The first-order valence-electron chi connectivity index (χ1n) is 3.88. The van der Waals surface area contributed by atoms with Crippen LogP contribution in [0.15, 0.2) is 18.2 Å². The highest BCUT2D eigenvalue weighted by Gasteiger charge is 2.10. The summed E-state index contributed by atoms with van der Waals surface area (Å²) in [6.07, 6.45) is -0.202. The smallest absolute Gasteiger partial charge is 0.126 e. The fourth-order valence-corrected chi connectivity index (χ4v) is 1.26. The number of ether oxygens (including phenoxy) is 1. The predicted molar refractivity (Wildman–Crippen MR) is 51.7 cm³/mol. The third-order valence-corrected chi connectivity index (χ3v) is 2.07. The van der Waals surface area contributed by atoms with Crippen molar-refractivity contribution >= 4 is 11.6 Å². The van der Waals surface area contributed by atoms with Crippen molar-refractivity contribution in [1.29, 1.82) is 0 Å². The van der Waals surface area contributed by atoms with Crippen molar-refractivity contribution in [3.8, 4) is 5.75 Å². The molecule has 0 aliphatic heterocycles. The Hall–Kier alpha value is -0.770. The van der Waals surface area contributed by atoms with E-state index in [0.29, 0.717) is 10.8 Å². The van der Waals surface area contributed by atoms with Crippen molar-refractivity contribution in [2.24, 2.45) is 5.90 Å². The number of benzene rings is 1. The zero-order chi connectivity index (χ0) is 9.84. The highest BCUT2D eigenvalue weighted by atomic mass is 35.5. The Labute approximate surface area is 82.4 Å². The van der Waals surface area contributed by atoms with Crippen LogP contribution in [-0.2, 0) is 4.84 Å². The molecule has 0 aliphatic carbocycles. The molecule has 72 valence electrons. The van der Waals surface area contributed by atoms with Crippen LogP contribution >= 0.6 is 11.6 Å². The molecule has 1 rings (SSSR count). The summed E-state index contributed by atoms with van der Waals surface area (Å²) < 4.78 is 5.13. The summed E-state index contributed by atoms with van der Waals surface area (Å²) in [7, 11) is 1.58. The minimum absolute atomic E-state index is 0.202. The molecule has 1 aromatic rings. The van der Waals surface area contributed by atoms with E-state index in [1.165, 1.54) is 0 Å². The third kappa shape index (κ3) is 2.34. The maximum absolute atomic E-state index is 5.79. The first kappa shape index (κ1) is 10.3. The van der Waals surface area contributed by atoms with Crippen molar-refractivity contribution in [2.75, 3.05) is 7.11 Å². The molecule has 0 radical (unpaired) electrons. The monoisotopic (exact) mass is 201 g/mol. The molecule has 0 saturated carbocycles. The van der Waals surface area contributed by atoms with Gasteiger partial charge in [-0.1, -0.05) is 17.7 Å². The second kappa shape index (κ2) is 4.46. The van der Waals surface area contributed by atoms with E-state index < -0.39 is 0 Å². The molecule has 4 heteroatoms. The van der Waals surface area contributed by atoms with E-state index in [9.17, 15) is 0 Å². The zero-order valence-corrected chi connectivity index (χ0v) is 8.34. The average Bonchev–Trinajstić information content (AvgIpc) is 2.16. The van der Waals surface area contributed by atoms with E-state index in [1.54, 1.807) is 19.2 Å². The standard InChI is InChI=1S/C9H12ClNO2/c1-6(13-11)8-4-3-7(10)5-9(8)12-2/h3-6H,11H2,1-2H3. The van der Waals surface area contributed by atoms with E-state index in [2.05, 4.69) is 0 Å². The maximum Gasteiger partial charge on any atom is 0.126 e. The van der Waals surface area contributed by atoms with Crippen molar-refractivity contribution in [2.45, 2.75) is 13.0 Å². The van der Waals surface area contributed by atoms with Gasteiger partial charge in [0.15, 0.2) is 0 Å². The van der Waals surface area contributed by atoms with Crippen LogP contribution in [0.4, 0.5) is 0 Å². The lowest BCUT2D eigenvalue weighted by Crippen LogP contribution is -2.06. The van der Waals surface area contributed by atoms with E-state index in [-0.39, 0.29) is 6.10 Å². The molecule has 13 heavy (non-hydrogen) atoms. The highest BCUT2D eigenvalue weighted by molar-refractivity contribution is 6.30. The Kier molecular flexibility index (Phi) is 3.54. The van der Waals surface area contributed by atoms with Gasteiger partial charge in [0.25, 0.3) is 0 Å². The molecule has 0 bridgehead atoms. The van der Waals surface area contributed by atoms with E-state index in [4.69, 9.17) is 27.1 Å². The van der Waals surface area contributed by atoms with Gasteiger partial charge in [-0.3, -0.25) is 4.84 Å². The summed E-state index contributed by atoms with van der Waals surface area (Å²) in [5.74, 6) is 5.76. The minimum Gasteiger partial charge on any atom is -0.496 e. The Balaban J connectivity index is 3.05. The third-order valence-electron chi connectivity index (χ3n) is 1.84. The Morgan fingerprint density at radius 2 is 2.15 bits per heavy atom. The Bertz CT molecular complexity index is 291. The molecule has 1 aromatic carbocycles. The summed E-state index contributed by atoms with van der Waals surface area (Å²) in [6.45, 7) is 1.84. The van der Waals surface area contributed by atoms with Crippen LogP contribution in [0, 0.1) is 0 Å². The highest BCUT2D eigenvalue weighted by Crippen LogP contribution is 2.29. The zero-order valence-electron chi connectivity index (χ0n) is 7.58. The van der Waals surface area contributed by atoms with Crippen LogP contribution in [0.5, 0.6) is 5.75 Å². The van der Waals surface area contributed by atoms with Crippen LogP contribution in [0.3, 0.4) is 0 Å². The summed E-state index contributed by atoms with van der Waals surface area (Å²) >= 11 is 5.79. The molecule has 0 aliphatic rings. The van der Waals surface area contributed by atoms with Crippen molar-refractivity contribution in [3.05, 3.63) is 28.8 Å². The molecule has 0 heterocycles. The maximum atomic E-state index is 5.79. The Morgan fingerprint density at radius 3 is 2.69 bits per heavy atom. The lowest BCUT2D eigenvalue weighted by atomic mass is 10.1. The number of hydrogen-bond donors (Lipinski definition) is 1. The van der Waals surface area contributed by atoms with Crippen LogP contribution in [0.1, 0.15) is 18.6 Å². The molecule has 0 fully saturated rings. The summed E-state index contributed by atoms with van der Waals surface area (Å²) in [4.78, 5) is 4.70. The molecular formula is C9H12ClNO2. The largest absolute Gasteiger partial charge is 0.496 e. The first-order valence-corrected chi connectivity index (χ1v) is 4.25. The number of methoxy groups -OCH3 is 1. The summed E-state index contributed by atoms with van der Waals surface area (Å²) in [6, 6.07) is 5.33. The second-order valence-corrected chi connectivity index (χ2v) is 3.10. The second-order valence-electron chi connectivity index (χ2n) is 2.66. The minimum atomic E-state index is -0.202. The molecule has 0 aromatic heterocycles. The van der Waals surface area contributed by atoms with Crippen LogP contribution < -0.4 is 10.6 Å². The summed E-state index contributed by atoms with van der Waals surface area (Å²) in [5, 5.41) is 0.629. The van der Waals surface area contributed by atoms with Gasteiger partial charge in [0, 0.05) is 10.6 Å². The topological polar surface area (TPSA) is 44.5 Å². The molecule has 0 saturated heterocycles.